The smallest absolute Gasteiger partial charge is 0.105 e. The summed E-state index contributed by atoms with van der Waals surface area (Å²) in [6.07, 6.45) is 3.21. The first kappa shape index (κ1) is 15.6. The number of fused-ring (bicyclic) bond motifs is 1. The van der Waals surface area contributed by atoms with Crippen LogP contribution >= 0.6 is 31.9 Å². The maximum absolute atomic E-state index is 4.92. The first-order valence-electron chi connectivity index (χ1n) is 7.40. The Bertz CT molecular complexity index is 801. The number of hydrogen-bond acceptors (Lipinski definition) is 2. The number of rotatable bonds is 4. The lowest BCUT2D eigenvalue weighted by molar-refractivity contribution is 0.778. The summed E-state index contributed by atoms with van der Waals surface area (Å²) < 4.78 is 1.95. The first-order chi connectivity index (χ1) is 10.7. The highest BCUT2D eigenvalue weighted by Gasteiger charge is 2.14. The van der Waals surface area contributed by atoms with Gasteiger partial charge in [-0.1, -0.05) is 43.7 Å². The van der Waals surface area contributed by atoms with Crippen molar-refractivity contribution < 1.29 is 0 Å². The van der Waals surface area contributed by atoms with E-state index in [0.717, 1.165) is 56.2 Å². The molecule has 0 saturated heterocycles. The van der Waals surface area contributed by atoms with E-state index < -0.39 is 0 Å². The van der Waals surface area contributed by atoms with Gasteiger partial charge in [0.1, 0.15) is 11.0 Å². The van der Waals surface area contributed by atoms with Crippen LogP contribution in [0.25, 0.3) is 22.3 Å². The molecule has 0 amide bonds. The lowest BCUT2D eigenvalue weighted by Crippen LogP contribution is -2.00. The van der Waals surface area contributed by atoms with Crippen molar-refractivity contribution in [2.24, 2.45) is 0 Å². The summed E-state index contributed by atoms with van der Waals surface area (Å²) >= 11 is 7.18. The minimum absolute atomic E-state index is 0.897. The van der Waals surface area contributed by atoms with Crippen molar-refractivity contribution in [3.8, 4) is 11.3 Å². The maximum atomic E-state index is 4.92. The number of aryl methyl sites for hydroxylation is 1. The van der Waals surface area contributed by atoms with E-state index in [1.165, 1.54) is 0 Å². The fraction of sp³-hybridized carbons (Fsp3) is 0.222. The van der Waals surface area contributed by atoms with Crippen molar-refractivity contribution in [1.29, 1.82) is 0 Å². The first-order valence-corrected chi connectivity index (χ1v) is 8.99. The Labute approximate surface area is 147 Å². The fourth-order valence-corrected chi connectivity index (χ4v) is 3.27. The lowest BCUT2D eigenvalue weighted by Gasteiger charge is -2.11. The molecule has 2 aromatic carbocycles. The molecule has 0 aliphatic rings. The van der Waals surface area contributed by atoms with Crippen LogP contribution in [0.2, 0.25) is 0 Å². The molecular formula is C18H16Br2N2. The number of nitrogens with zero attached hydrogens (tertiary/aromatic N) is 2. The van der Waals surface area contributed by atoms with Gasteiger partial charge in [0.25, 0.3) is 0 Å². The van der Waals surface area contributed by atoms with Gasteiger partial charge in [-0.25, -0.2) is 9.97 Å². The standard InChI is InChI=1S/C18H16Br2N2/c1-2-3-9-15-16(12-7-5-4-6-8-12)22-18-14(20)11-10-13(19)17(18)21-15/h4-8,10-11H,2-3,9H2,1H3. The van der Waals surface area contributed by atoms with Crippen molar-refractivity contribution in [2.75, 3.05) is 0 Å². The van der Waals surface area contributed by atoms with Gasteiger partial charge in [0, 0.05) is 14.5 Å². The molecule has 3 aromatic rings. The van der Waals surface area contributed by atoms with Gasteiger partial charge in [-0.05, 0) is 56.8 Å². The average Bonchev–Trinajstić information content (AvgIpc) is 2.56. The second-order valence-corrected chi connectivity index (χ2v) is 6.92. The number of unbranched alkanes of at least 4 members (excludes halogenated alkanes) is 1. The molecule has 0 aliphatic carbocycles. The van der Waals surface area contributed by atoms with Crippen LogP contribution in [0.1, 0.15) is 25.5 Å². The second kappa shape index (κ2) is 6.88. The summed E-state index contributed by atoms with van der Waals surface area (Å²) in [7, 11) is 0. The van der Waals surface area contributed by atoms with Gasteiger partial charge >= 0.3 is 0 Å². The second-order valence-electron chi connectivity index (χ2n) is 5.21. The quantitative estimate of drug-likeness (QED) is 0.505. The SMILES string of the molecule is CCCCc1nc2c(Br)ccc(Br)c2nc1-c1ccccc1. The monoisotopic (exact) mass is 418 g/mol. The highest BCUT2D eigenvalue weighted by molar-refractivity contribution is 9.11. The summed E-state index contributed by atoms with van der Waals surface area (Å²) in [5.41, 5.74) is 4.99. The Kier molecular flexibility index (Phi) is 4.89. The summed E-state index contributed by atoms with van der Waals surface area (Å²) in [4.78, 5) is 9.83. The van der Waals surface area contributed by atoms with E-state index in [1.54, 1.807) is 0 Å². The molecule has 0 bridgehead atoms. The summed E-state index contributed by atoms with van der Waals surface area (Å²) in [6.45, 7) is 2.20. The third kappa shape index (κ3) is 3.08. The van der Waals surface area contributed by atoms with Crippen LogP contribution in [0.5, 0.6) is 0 Å². The zero-order valence-electron chi connectivity index (χ0n) is 12.3. The van der Waals surface area contributed by atoms with Gasteiger partial charge in [-0.15, -0.1) is 0 Å². The molecule has 0 radical (unpaired) electrons. The molecule has 0 N–H and O–H groups in total. The van der Waals surface area contributed by atoms with Crippen LogP contribution in [0.15, 0.2) is 51.4 Å². The molecule has 112 valence electrons. The van der Waals surface area contributed by atoms with Gasteiger partial charge < -0.3 is 0 Å². The van der Waals surface area contributed by atoms with Crippen LogP contribution in [0, 0.1) is 0 Å². The average molecular weight is 420 g/mol. The molecule has 0 spiro atoms. The summed E-state index contributed by atoms with van der Waals surface area (Å²) in [5, 5.41) is 0. The van der Waals surface area contributed by atoms with Crippen molar-refractivity contribution >= 4 is 42.9 Å². The topological polar surface area (TPSA) is 25.8 Å². The van der Waals surface area contributed by atoms with Gasteiger partial charge in [-0.3, -0.25) is 0 Å². The van der Waals surface area contributed by atoms with Crippen LogP contribution in [0.3, 0.4) is 0 Å². The van der Waals surface area contributed by atoms with Gasteiger partial charge in [-0.2, -0.15) is 0 Å². The molecule has 4 heteroatoms. The van der Waals surface area contributed by atoms with E-state index in [4.69, 9.17) is 9.97 Å². The number of hydrogen-bond donors (Lipinski definition) is 0. The normalized spacial score (nSPS) is 11.0. The van der Waals surface area contributed by atoms with Gasteiger partial charge in [0.15, 0.2) is 0 Å². The Balaban J connectivity index is 2.26. The third-order valence-corrected chi connectivity index (χ3v) is 4.89. The highest BCUT2D eigenvalue weighted by atomic mass is 79.9. The lowest BCUT2D eigenvalue weighted by atomic mass is 10.1. The summed E-state index contributed by atoms with van der Waals surface area (Å²) in [5.74, 6) is 0. The number of aromatic nitrogens is 2. The molecule has 0 atom stereocenters. The largest absolute Gasteiger partial charge is 0.248 e. The molecule has 1 heterocycles. The zero-order chi connectivity index (χ0) is 15.5. The van der Waals surface area contributed by atoms with E-state index in [0.29, 0.717) is 0 Å². The van der Waals surface area contributed by atoms with Crippen LogP contribution < -0.4 is 0 Å². The molecule has 0 saturated carbocycles. The molecule has 0 unspecified atom stereocenters. The molecule has 0 aliphatic heterocycles. The van der Waals surface area contributed by atoms with Crippen molar-refractivity contribution in [2.45, 2.75) is 26.2 Å². The third-order valence-electron chi connectivity index (χ3n) is 3.61. The van der Waals surface area contributed by atoms with E-state index in [2.05, 4.69) is 50.9 Å². The number of halogens is 2. The van der Waals surface area contributed by atoms with Crippen LogP contribution in [-0.4, -0.2) is 9.97 Å². The minimum Gasteiger partial charge on any atom is -0.248 e. The predicted octanol–water partition coefficient (Wildman–Crippen LogP) is 6.16. The van der Waals surface area contributed by atoms with E-state index in [9.17, 15) is 0 Å². The predicted molar refractivity (Wildman–Crippen MR) is 99.0 cm³/mol. The van der Waals surface area contributed by atoms with E-state index in [1.807, 2.05) is 30.3 Å². The Morgan fingerprint density at radius 2 is 1.50 bits per heavy atom. The minimum atomic E-state index is 0.897. The highest BCUT2D eigenvalue weighted by Crippen LogP contribution is 2.31. The number of benzene rings is 2. The Hall–Kier alpha value is -1.26. The van der Waals surface area contributed by atoms with Crippen molar-refractivity contribution in [3.05, 3.63) is 57.1 Å². The van der Waals surface area contributed by atoms with E-state index in [-0.39, 0.29) is 0 Å². The summed E-state index contributed by atoms with van der Waals surface area (Å²) in [6, 6.07) is 14.3. The molecule has 2 nitrogen and oxygen atoms in total. The maximum Gasteiger partial charge on any atom is 0.105 e. The molecule has 22 heavy (non-hydrogen) atoms. The zero-order valence-corrected chi connectivity index (χ0v) is 15.5. The Morgan fingerprint density at radius 3 is 2.14 bits per heavy atom. The molecule has 1 aromatic heterocycles. The van der Waals surface area contributed by atoms with Crippen molar-refractivity contribution in [3.63, 3.8) is 0 Å². The van der Waals surface area contributed by atoms with Crippen LogP contribution in [0.4, 0.5) is 0 Å². The van der Waals surface area contributed by atoms with E-state index >= 15 is 0 Å². The van der Waals surface area contributed by atoms with Gasteiger partial charge in [0.05, 0.1) is 11.4 Å². The molecule has 3 rings (SSSR count). The van der Waals surface area contributed by atoms with Crippen molar-refractivity contribution in [1.82, 2.24) is 9.97 Å². The Morgan fingerprint density at radius 1 is 0.864 bits per heavy atom. The van der Waals surface area contributed by atoms with Crippen LogP contribution in [-0.2, 0) is 6.42 Å². The fourth-order valence-electron chi connectivity index (χ4n) is 2.45. The molecule has 0 fully saturated rings. The van der Waals surface area contributed by atoms with Gasteiger partial charge in [0.2, 0.25) is 0 Å². The molecular weight excluding hydrogens is 404 g/mol.